The topological polar surface area (TPSA) is 68.0 Å². The Balaban J connectivity index is 2.34. The van der Waals surface area contributed by atoms with Gasteiger partial charge in [-0.2, -0.15) is 0 Å². The van der Waals surface area contributed by atoms with Crippen LogP contribution in [0.15, 0.2) is 18.3 Å². The highest BCUT2D eigenvalue weighted by Gasteiger charge is 2.02. The zero-order valence-electron chi connectivity index (χ0n) is 8.37. The molecule has 15 heavy (non-hydrogen) atoms. The summed E-state index contributed by atoms with van der Waals surface area (Å²) in [4.78, 5) is 15.3. The van der Waals surface area contributed by atoms with Crippen molar-refractivity contribution in [1.82, 2.24) is 4.98 Å². The fraction of sp³-hybridized carbons (Fsp3) is 0.400. The zero-order valence-corrected chi connectivity index (χ0v) is 9.13. The summed E-state index contributed by atoms with van der Waals surface area (Å²) >= 11 is 5.66. The second-order valence-corrected chi connectivity index (χ2v) is 3.59. The van der Waals surface area contributed by atoms with Gasteiger partial charge in [-0.25, -0.2) is 4.98 Å². The van der Waals surface area contributed by atoms with Gasteiger partial charge in [0.1, 0.15) is 5.82 Å². The Morgan fingerprint density at radius 3 is 2.87 bits per heavy atom. The van der Waals surface area contributed by atoms with Crippen molar-refractivity contribution in [3.8, 4) is 0 Å². The molecule has 0 fully saturated rings. The summed E-state index contributed by atoms with van der Waals surface area (Å²) in [7, 11) is 0. The number of halogens is 1. The van der Waals surface area contributed by atoms with Crippen molar-refractivity contribution >= 4 is 23.3 Å². The van der Waals surface area contributed by atoms with Gasteiger partial charge in [0.15, 0.2) is 0 Å². The Labute approximate surface area is 93.8 Å². The molecule has 0 aliphatic heterocycles. The number of hydrogen-bond acceptors (Lipinski definition) is 3. The number of aromatic nitrogens is 1. The molecule has 0 aliphatic carbocycles. The Morgan fingerprint density at radius 2 is 2.27 bits per heavy atom. The lowest BCUT2D eigenvalue weighted by Crippen LogP contribution is -2.12. The maximum atomic E-state index is 11.3. The number of rotatable bonds is 5. The van der Waals surface area contributed by atoms with Crippen molar-refractivity contribution in [3.05, 3.63) is 23.4 Å². The average molecular weight is 228 g/mol. The summed E-state index contributed by atoms with van der Waals surface area (Å²) in [5.74, 6) is 0.482. The van der Waals surface area contributed by atoms with E-state index in [0.717, 1.165) is 12.8 Å². The third kappa shape index (κ3) is 4.76. The normalized spacial score (nSPS) is 10.0. The van der Waals surface area contributed by atoms with E-state index < -0.39 is 0 Å². The molecular weight excluding hydrogens is 214 g/mol. The molecule has 0 atom stereocenters. The number of amides is 1. The van der Waals surface area contributed by atoms with Crippen molar-refractivity contribution in [2.24, 2.45) is 5.73 Å². The van der Waals surface area contributed by atoms with Crippen LogP contribution in [0.4, 0.5) is 5.82 Å². The molecular formula is C10H14ClN3O. The standard InChI is InChI=1S/C10H14ClN3O/c11-8-4-5-9(13-7-8)14-10(15)3-1-2-6-12/h4-5,7H,1-3,6,12H2,(H,13,14,15). The zero-order chi connectivity index (χ0) is 11.1. The first kappa shape index (κ1) is 11.9. The number of carbonyl (C=O) groups excluding carboxylic acids is 1. The highest BCUT2D eigenvalue weighted by molar-refractivity contribution is 6.30. The highest BCUT2D eigenvalue weighted by atomic mass is 35.5. The van der Waals surface area contributed by atoms with E-state index in [9.17, 15) is 4.79 Å². The number of carbonyl (C=O) groups is 1. The molecule has 1 aromatic rings. The molecule has 1 rings (SSSR count). The van der Waals surface area contributed by atoms with Gasteiger partial charge in [-0.15, -0.1) is 0 Å². The lowest BCUT2D eigenvalue weighted by Gasteiger charge is -2.03. The summed E-state index contributed by atoms with van der Waals surface area (Å²) in [6, 6.07) is 3.35. The average Bonchev–Trinajstić information content (AvgIpc) is 2.22. The number of nitrogens with one attached hydrogen (secondary N) is 1. The van der Waals surface area contributed by atoms with Crippen LogP contribution in [0.1, 0.15) is 19.3 Å². The lowest BCUT2D eigenvalue weighted by molar-refractivity contribution is -0.116. The minimum Gasteiger partial charge on any atom is -0.330 e. The molecule has 0 spiro atoms. The van der Waals surface area contributed by atoms with Crippen LogP contribution in [0.25, 0.3) is 0 Å². The predicted molar refractivity (Wildman–Crippen MR) is 60.8 cm³/mol. The van der Waals surface area contributed by atoms with Crippen LogP contribution >= 0.6 is 11.6 Å². The van der Waals surface area contributed by atoms with Gasteiger partial charge in [0.05, 0.1) is 5.02 Å². The molecule has 0 aromatic carbocycles. The fourth-order valence-corrected chi connectivity index (χ4v) is 1.20. The molecule has 3 N–H and O–H groups in total. The summed E-state index contributed by atoms with van der Waals surface area (Å²) in [5.41, 5.74) is 5.33. The van der Waals surface area contributed by atoms with Crippen molar-refractivity contribution in [2.45, 2.75) is 19.3 Å². The van der Waals surface area contributed by atoms with E-state index in [1.54, 1.807) is 12.1 Å². The molecule has 0 unspecified atom stereocenters. The van der Waals surface area contributed by atoms with Gasteiger partial charge >= 0.3 is 0 Å². The van der Waals surface area contributed by atoms with E-state index in [-0.39, 0.29) is 5.91 Å². The SMILES string of the molecule is NCCCCC(=O)Nc1ccc(Cl)cn1. The Bertz CT molecular complexity index is 313. The van der Waals surface area contributed by atoms with E-state index >= 15 is 0 Å². The molecule has 0 radical (unpaired) electrons. The number of pyridine rings is 1. The van der Waals surface area contributed by atoms with Crippen LogP contribution in [-0.4, -0.2) is 17.4 Å². The van der Waals surface area contributed by atoms with Gasteiger partial charge in [0, 0.05) is 12.6 Å². The summed E-state index contributed by atoms with van der Waals surface area (Å²) < 4.78 is 0. The minimum absolute atomic E-state index is 0.0433. The molecule has 0 saturated heterocycles. The van der Waals surface area contributed by atoms with Crippen LogP contribution in [0, 0.1) is 0 Å². The molecule has 82 valence electrons. The Kier molecular flexibility index (Phi) is 5.07. The Morgan fingerprint density at radius 1 is 1.47 bits per heavy atom. The first-order valence-electron chi connectivity index (χ1n) is 4.84. The maximum Gasteiger partial charge on any atom is 0.225 e. The van der Waals surface area contributed by atoms with Crippen molar-refractivity contribution in [2.75, 3.05) is 11.9 Å². The quantitative estimate of drug-likeness (QED) is 0.754. The molecule has 4 nitrogen and oxygen atoms in total. The van der Waals surface area contributed by atoms with Crippen LogP contribution in [0.2, 0.25) is 5.02 Å². The van der Waals surface area contributed by atoms with Gasteiger partial charge in [-0.3, -0.25) is 4.79 Å². The van der Waals surface area contributed by atoms with Crippen LogP contribution in [-0.2, 0) is 4.79 Å². The number of hydrogen-bond donors (Lipinski definition) is 2. The smallest absolute Gasteiger partial charge is 0.225 e. The van der Waals surface area contributed by atoms with Gasteiger partial charge < -0.3 is 11.1 Å². The van der Waals surface area contributed by atoms with Gasteiger partial charge in [-0.05, 0) is 31.5 Å². The largest absolute Gasteiger partial charge is 0.330 e. The number of nitrogens with two attached hydrogens (primary N) is 1. The summed E-state index contributed by atoms with van der Waals surface area (Å²) in [6.45, 7) is 0.618. The second kappa shape index (κ2) is 6.37. The minimum atomic E-state index is -0.0433. The lowest BCUT2D eigenvalue weighted by atomic mass is 10.2. The second-order valence-electron chi connectivity index (χ2n) is 3.16. The fourth-order valence-electron chi connectivity index (χ4n) is 1.08. The Hall–Kier alpha value is -1.13. The molecule has 0 bridgehead atoms. The van der Waals surface area contributed by atoms with Gasteiger partial charge in [0.25, 0.3) is 0 Å². The first-order valence-corrected chi connectivity index (χ1v) is 5.21. The molecule has 1 heterocycles. The molecule has 5 heteroatoms. The monoisotopic (exact) mass is 227 g/mol. The third-order valence-electron chi connectivity index (χ3n) is 1.85. The van der Waals surface area contributed by atoms with E-state index in [4.69, 9.17) is 17.3 Å². The van der Waals surface area contributed by atoms with E-state index in [1.807, 2.05) is 0 Å². The first-order chi connectivity index (χ1) is 7.22. The summed E-state index contributed by atoms with van der Waals surface area (Å²) in [5, 5.41) is 3.23. The van der Waals surface area contributed by atoms with Crippen LogP contribution in [0.5, 0.6) is 0 Å². The van der Waals surface area contributed by atoms with Crippen LogP contribution < -0.4 is 11.1 Å². The maximum absolute atomic E-state index is 11.3. The molecule has 1 aromatic heterocycles. The number of anilines is 1. The van der Waals surface area contributed by atoms with Crippen molar-refractivity contribution < 1.29 is 4.79 Å². The molecule has 1 amide bonds. The number of unbranched alkanes of at least 4 members (excludes halogenated alkanes) is 1. The third-order valence-corrected chi connectivity index (χ3v) is 2.08. The predicted octanol–water partition coefficient (Wildman–Crippen LogP) is 1.80. The van der Waals surface area contributed by atoms with Crippen LogP contribution in [0.3, 0.4) is 0 Å². The molecule has 0 aliphatic rings. The van der Waals surface area contributed by atoms with E-state index in [1.165, 1.54) is 6.20 Å². The van der Waals surface area contributed by atoms with Gasteiger partial charge in [-0.1, -0.05) is 11.6 Å². The highest BCUT2D eigenvalue weighted by Crippen LogP contribution is 2.09. The molecule has 0 saturated carbocycles. The van der Waals surface area contributed by atoms with Gasteiger partial charge in [0.2, 0.25) is 5.91 Å². The van der Waals surface area contributed by atoms with Crippen molar-refractivity contribution in [3.63, 3.8) is 0 Å². The van der Waals surface area contributed by atoms with E-state index in [2.05, 4.69) is 10.3 Å². The summed E-state index contributed by atoms with van der Waals surface area (Å²) in [6.07, 6.45) is 3.63. The van der Waals surface area contributed by atoms with E-state index in [0.29, 0.717) is 23.8 Å². The van der Waals surface area contributed by atoms with Crippen molar-refractivity contribution in [1.29, 1.82) is 0 Å². The number of nitrogens with zero attached hydrogens (tertiary/aromatic N) is 1.